The number of hydrogen-bond donors (Lipinski definition) is 1. The number of esters is 1. The molecule has 0 heterocycles. The molecule has 0 aliphatic heterocycles. The van der Waals surface area contributed by atoms with E-state index in [1.165, 1.54) is 0 Å². The molecule has 0 aliphatic carbocycles. The maximum absolute atomic E-state index is 11.0. The molecular weight excluding hydrogens is 182 g/mol. The highest BCUT2D eigenvalue weighted by molar-refractivity contribution is 5.69. The molecule has 0 spiro atoms. The summed E-state index contributed by atoms with van der Waals surface area (Å²) in [6.45, 7) is 3.91. The summed E-state index contributed by atoms with van der Waals surface area (Å²) in [6.07, 6.45) is 3.63. The molecule has 0 aromatic carbocycles. The van der Waals surface area contributed by atoms with Gasteiger partial charge in [-0.3, -0.25) is 4.79 Å². The summed E-state index contributed by atoms with van der Waals surface area (Å²) >= 11 is 0. The number of hydrogen-bond acceptors (Lipinski definition) is 4. The third-order valence-corrected chi connectivity index (χ3v) is 1.74. The van der Waals surface area contributed by atoms with Gasteiger partial charge in [0.15, 0.2) is 0 Å². The molecule has 0 saturated heterocycles. The van der Waals surface area contributed by atoms with Crippen LogP contribution in [-0.4, -0.2) is 32.3 Å². The number of carbonyl (C=O) groups excluding carboxylic acids is 1. The van der Waals surface area contributed by atoms with Gasteiger partial charge in [0.2, 0.25) is 0 Å². The van der Waals surface area contributed by atoms with E-state index in [1.54, 1.807) is 0 Å². The lowest BCUT2D eigenvalue weighted by atomic mass is 10.2. The third kappa shape index (κ3) is 9.48. The smallest absolute Gasteiger partial charge is 0.305 e. The Kier molecular flexibility index (Phi) is 10.0. The molecule has 0 rings (SSSR count). The monoisotopic (exact) mass is 203 g/mol. The molecule has 4 nitrogen and oxygen atoms in total. The molecule has 0 aliphatic rings. The van der Waals surface area contributed by atoms with Gasteiger partial charge >= 0.3 is 5.97 Å². The lowest BCUT2D eigenvalue weighted by Crippen LogP contribution is -2.14. The molecule has 0 unspecified atom stereocenters. The maximum Gasteiger partial charge on any atom is 0.305 e. The Bertz CT molecular complexity index is 139. The zero-order valence-corrected chi connectivity index (χ0v) is 8.96. The minimum atomic E-state index is -0.130. The molecule has 0 bridgehead atoms. The average Bonchev–Trinajstić information content (AvgIpc) is 2.18. The highest BCUT2D eigenvalue weighted by Crippen LogP contribution is 2.00. The van der Waals surface area contributed by atoms with Crippen LogP contribution in [0.5, 0.6) is 0 Å². The van der Waals surface area contributed by atoms with E-state index in [0.29, 0.717) is 32.8 Å². The van der Waals surface area contributed by atoms with Crippen molar-refractivity contribution in [3.63, 3.8) is 0 Å². The van der Waals surface area contributed by atoms with Crippen LogP contribution < -0.4 is 5.73 Å². The minimum absolute atomic E-state index is 0.130. The van der Waals surface area contributed by atoms with Crippen LogP contribution >= 0.6 is 0 Å². The predicted molar refractivity (Wildman–Crippen MR) is 55.0 cm³/mol. The van der Waals surface area contributed by atoms with Crippen LogP contribution in [0.3, 0.4) is 0 Å². The minimum Gasteiger partial charge on any atom is -0.463 e. The first-order chi connectivity index (χ1) is 6.81. The zero-order chi connectivity index (χ0) is 10.6. The Labute approximate surface area is 85.8 Å². The van der Waals surface area contributed by atoms with E-state index in [9.17, 15) is 4.79 Å². The van der Waals surface area contributed by atoms with E-state index in [2.05, 4.69) is 6.92 Å². The van der Waals surface area contributed by atoms with Crippen LogP contribution in [0.2, 0.25) is 0 Å². The van der Waals surface area contributed by atoms with Crippen molar-refractivity contribution >= 4 is 5.97 Å². The number of nitrogens with two attached hydrogens (primary N) is 1. The SMILES string of the molecule is CCCCCC(=O)OCCOCCN. The first-order valence-electron chi connectivity index (χ1n) is 5.24. The number of ether oxygens (including phenoxy) is 2. The van der Waals surface area contributed by atoms with Gasteiger partial charge in [-0.05, 0) is 6.42 Å². The Morgan fingerprint density at radius 2 is 2.00 bits per heavy atom. The summed E-state index contributed by atoms with van der Waals surface area (Å²) in [5.74, 6) is -0.130. The number of unbranched alkanes of at least 4 members (excludes halogenated alkanes) is 2. The first kappa shape index (κ1) is 13.4. The van der Waals surface area contributed by atoms with Crippen molar-refractivity contribution in [3.05, 3.63) is 0 Å². The van der Waals surface area contributed by atoms with Crippen molar-refractivity contribution < 1.29 is 14.3 Å². The van der Waals surface area contributed by atoms with Crippen molar-refractivity contribution in [1.29, 1.82) is 0 Å². The van der Waals surface area contributed by atoms with Gasteiger partial charge < -0.3 is 15.2 Å². The molecule has 0 aromatic heterocycles. The molecule has 0 amide bonds. The Morgan fingerprint density at radius 1 is 1.21 bits per heavy atom. The lowest BCUT2D eigenvalue weighted by Gasteiger charge is -2.04. The van der Waals surface area contributed by atoms with Crippen molar-refractivity contribution in [2.45, 2.75) is 32.6 Å². The molecule has 0 aromatic rings. The molecule has 2 N–H and O–H groups in total. The van der Waals surface area contributed by atoms with Crippen molar-refractivity contribution in [1.82, 2.24) is 0 Å². The highest BCUT2D eigenvalue weighted by Gasteiger charge is 2.01. The molecule has 4 heteroatoms. The normalized spacial score (nSPS) is 10.1. The quantitative estimate of drug-likeness (QED) is 0.450. The largest absolute Gasteiger partial charge is 0.463 e. The number of rotatable bonds is 9. The Morgan fingerprint density at radius 3 is 2.64 bits per heavy atom. The lowest BCUT2D eigenvalue weighted by molar-refractivity contribution is -0.145. The molecule has 84 valence electrons. The summed E-state index contributed by atoms with van der Waals surface area (Å²) < 4.78 is 9.99. The first-order valence-corrected chi connectivity index (χ1v) is 5.24. The molecule has 0 atom stereocenters. The summed E-state index contributed by atoms with van der Waals surface area (Å²) in [4.78, 5) is 11.0. The summed E-state index contributed by atoms with van der Waals surface area (Å²) in [5.41, 5.74) is 5.22. The van der Waals surface area contributed by atoms with Gasteiger partial charge in [-0.2, -0.15) is 0 Å². The van der Waals surface area contributed by atoms with Gasteiger partial charge in [0.1, 0.15) is 6.61 Å². The highest BCUT2D eigenvalue weighted by atomic mass is 16.6. The van der Waals surface area contributed by atoms with E-state index in [1.807, 2.05) is 0 Å². The summed E-state index contributed by atoms with van der Waals surface area (Å²) in [6, 6.07) is 0. The van der Waals surface area contributed by atoms with Crippen molar-refractivity contribution in [2.24, 2.45) is 5.73 Å². The van der Waals surface area contributed by atoms with Crippen LogP contribution in [-0.2, 0) is 14.3 Å². The standard InChI is InChI=1S/C10H21NO3/c1-2-3-4-5-10(12)14-9-8-13-7-6-11/h2-9,11H2,1H3. The molecular formula is C10H21NO3. The predicted octanol–water partition coefficient (Wildman–Crippen LogP) is 1.09. The second kappa shape index (κ2) is 10.5. The van der Waals surface area contributed by atoms with Crippen molar-refractivity contribution in [3.8, 4) is 0 Å². The number of carbonyl (C=O) groups is 1. The average molecular weight is 203 g/mol. The fourth-order valence-corrected chi connectivity index (χ4v) is 0.991. The summed E-state index contributed by atoms with van der Waals surface area (Å²) in [5, 5.41) is 0. The van der Waals surface area contributed by atoms with Crippen LogP contribution in [0.15, 0.2) is 0 Å². The molecule has 0 saturated carbocycles. The fourth-order valence-electron chi connectivity index (χ4n) is 0.991. The van der Waals surface area contributed by atoms with E-state index < -0.39 is 0 Å². The Balaban J connectivity index is 3.10. The van der Waals surface area contributed by atoms with E-state index in [4.69, 9.17) is 15.2 Å². The van der Waals surface area contributed by atoms with Crippen LogP contribution in [0, 0.1) is 0 Å². The van der Waals surface area contributed by atoms with Gasteiger partial charge in [-0.15, -0.1) is 0 Å². The molecule has 0 fully saturated rings. The van der Waals surface area contributed by atoms with E-state index in [0.717, 1.165) is 19.3 Å². The fraction of sp³-hybridized carbons (Fsp3) is 0.900. The van der Waals surface area contributed by atoms with Crippen LogP contribution in [0.4, 0.5) is 0 Å². The molecule has 0 radical (unpaired) electrons. The van der Waals surface area contributed by atoms with E-state index >= 15 is 0 Å². The molecule has 14 heavy (non-hydrogen) atoms. The topological polar surface area (TPSA) is 61.5 Å². The van der Waals surface area contributed by atoms with Gasteiger partial charge in [-0.25, -0.2) is 0 Å². The second-order valence-electron chi connectivity index (χ2n) is 3.08. The van der Waals surface area contributed by atoms with Crippen LogP contribution in [0.1, 0.15) is 32.6 Å². The Hall–Kier alpha value is -0.610. The van der Waals surface area contributed by atoms with E-state index in [-0.39, 0.29) is 5.97 Å². The van der Waals surface area contributed by atoms with Gasteiger partial charge in [-0.1, -0.05) is 19.8 Å². The van der Waals surface area contributed by atoms with Gasteiger partial charge in [0, 0.05) is 13.0 Å². The van der Waals surface area contributed by atoms with Crippen molar-refractivity contribution in [2.75, 3.05) is 26.4 Å². The summed E-state index contributed by atoms with van der Waals surface area (Å²) in [7, 11) is 0. The van der Waals surface area contributed by atoms with Crippen LogP contribution in [0.25, 0.3) is 0 Å². The zero-order valence-electron chi connectivity index (χ0n) is 8.96. The van der Waals surface area contributed by atoms with Gasteiger partial charge in [0.25, 0.3) is 0 Å². The van der Waals surface area contributed by atoms with Gasteiger partial charge in [0.05, 0.1) is 13.2 Å². The second-order valence-corrected chi connectivity index (χ2v) is 3.08. The maximum atomic E-state index is 11.0. The third-order valence-electron chi connectivity index (χ3n) is 1.74.